The zero-order valence-electron chi connectivity index (χ0n) is 8.04. The third-order valence-corrected chi connectivity index (χ3v) is 1.75. The van der Waals surface area contributed by atoms with Gasteiger partial charge in [0.25, 0.3) is 0 Å². The lowest BCUT2D eigenvalue weighted by Crippen LogP contribution is -1.98. The summed E-state index contributed by atoms with van der Waals surface area (Å²) in [6, 6.07) is 0. The molecule has 1 aromatic rings. The van der Waals surface area contributed by atoms with Crippen molar-refractivity contribution in [2.45, 2.75) is 33.2 Å². The van der Waals surface area contributed by atoms with Crippen LogP contribution in [0.4, 0.5) is 0 Å². The molecule has 2 heteroatoms. The van der Waals surface area contributed by atoms with Gasteiger partial charge in [-0.05, 0) is 18.4 Å². The number of nitrogens with zero attached hydrogens (tertiary/aromatic N) is 2. The van der Waals surface area contributed by atoms with Crippen LogP contribution < -0.4 is 0 Å². The first kappa shape index (κ1) is 9.04. The number of hydrogen-bond donors (Lipinski definition) is 0. The van der Waals surface area contributed by atoms with Crippen molar-refractivity contribution < 1.29 is 0 Å². The Morgan fingerprint density at radius 1 is 1.67 bits per heavy atom. The zero-order valence-corrected chi connectivity index (χ0v) is 8.04. The average molecular weight is 164 g/mol. The van der Waals surface area contributed by atoms with E-state index in [4.69, 9.17) is 0 Å². The first-order valence-corrected chi connectivity index (χ1v) is 4.26. The molecule has 0 saturated heterocycles. The fourth-order valence-corrected chi connectivity index (χ4v) is 1.04. The van der Waals surface area contributed by atoms with Crippen molar-refractivity contribution in [1.29, 1.82) is 0 Å². The summed E-state index contributed by atoms with van der Waals surface area (Å²) in [5.74, 6) is 0.559. The topological polar surface area (TPSA) is 17.8 Å². The lowest BCUT2D eigenvalue weighted by Gasteiger charge is -1.99. The van der Waals surface area contributed by atoms with E-state index in [2.05, 4.69) is 31.7 Å². The maximum absolute atomic E-state index is 4.23. The van der Waals surface area contributed by atoms with Crippen LogP contribution in [0.15, 0.2) is 24.5 Å². The van der Waals surface area contributed by atoms with Crippen molar-refractivity contribution in [2.75, 3.05) is 0 Å². The van der Waals surface area contributed by atoms with Gasteiger partial charge in [-0.15, -0.1) is 0 Å². The minimum atomic E-state index is 0.559. The minimum absolute atomic E-state index is 0.559. The SMILES string of the molecule is C=C(C)Cn1cc(C(C)C)cn1. The van der Waals surface area contributed by atoms with E-state index in [-0.39, 0.29) is 0 Å². The van der Waals surface area contributed by atoms with E-state index in [9.17, 15) is 0 Å². The quantitative estimate of drug-likeness (QED) is 0.628. The largest absolute Gasteiger partial charge is 0.268 e. The summed E-state index contributed by atoms with van der Waals surface area (Å²) in [4.78, 5) is 0. The molecule has 0 N–H and O–H groups in total. The molecule has 0 fully saturated rings. The van der Waals surface area contributed by atoms with Gasteiger partial charge in [0.05, 0.1) is 12.7 Å². The molecular weight excluding hydrogens is 148 g/mol. The standard InChI is InChI=1S/C10H16N2/c1-8(2)6-12-7-10(5-11-12)9(3)4/h5,7,9H,1,6H2,2-4H3. The fourth-order valence-electron chi connectivity index (χ4n) is 1.04. The maximum atomic E-state index is 4.23. The van der Waals surface area contributed by atoms with E-state index in [0.717, 1.165) is 12.1 Å². The Balaban J connectivity index is 2.70. The molecule has 2 nitrogen and oxygen atoms in total. The highest BCUT2D eigenvalue weighted by atomic mass is 15.3. The van der Waals surface area contributed by atoms with Gasteiger partial charge in [-0.25, -0.2) is 0 Å². The van der Waals surface area contributed by atoms with E-state index < -0.39 is 0 Å². The van der Waals surface area contributed by atoms with Crippen LogP contribution in [0.2, 0.25) is 0 Å². The van der Waals surface area contributed by atoms with Crippen molar-refractivity contribution in [2.24, 2.45) is 0 Å². The van der Waals surface area contributed by atoms with Crippen molar-refractivity contribution in [1.82, 2.24) is 9.78 Å². The molecule has 0 aromatic carbocycles. The Bertz CT molecular complexity index is 271. The molecule has 12 heavy (non-hydrogen) atoms. The predicted octanol–water partition coefficient (Wildman–Crippen LogP) is 2.58. The summed E-state index contributed by atoms with van der Waals surface area (Å²) in [6.45, 7) is 11.0. The minimum Gasteiger partial charge on any atom is -0.268 e. The Kier molecular flexibility index (Phi) is 2.69. The highest BCUT2D eigenvalue weighted by molar-refractivity contribution is 5.09. The number of hydrogen-bond acceptors (Lipinski definition) is 1. The average Bonchev–Trinajstić information content (AvgIpc) is 2.34. The Hall–Kier alpha value is -1.05. The van der Waals surface area contributed by atoms with Crippen LogP contribution in [0.3, 0.4) is 0 Å². The normalized spacial score (nSPS) is 10.7. The van der Waals surface area contributed by atoms with Crippen LogP contribution in [-0.4, -0.2) is 9.78 Å². The van der Waals surface area contributed by atoms with Crippen LogP contribution in [-0.2, 0) is 6.54 Å². The molecule has 0 saturated carbocycles. The van der Waals surface area contributed by atoms with Gasteiger partial charge in [0, 0.05) is 6.20 Å². The molecule has 0 aliphatic heterocycles. The van der Waals surface area contributed by atoms with Gasteiger partial charge in [0.1, 0.15) is 0 Å². The number of rotatable bonds is 3. The second-order valence-corrected chi connectivity index (χ2v) is 3.58. The van der Waals surface area contributed by atoms with E-state index in [1.807, 2.05) is 17.8 Å². The predicted molar refractivity (Wildman–Crippen MR) is 51.1 cm³/mol. The van der Waals surface area contributed by atoms with E-state index >= 15 is 0 Å². The van der Waals surface area contributed by atoms with E-state index in [0.29, 0.717) is 5.92 Å². The summed E-state index contributed by atoms with van der Waals surface area (Å²) in [6.07, 6.45) is 4.01. The molecule has 1 rings (SSSR count). The van der Waals surface area contributed by atoms with Gasteiger partial charge in [-0.3, -0.25) is 4.68 Å². The number of allylic oxidation sites excluding steroid dienone is 1. The molecule has 0 aliphatic rings. The Morgan fingerprint density at radius 3 is 2.75 bits per heavy atom. The highest BCUT2D eigenvalue weighted by Crippen LogP contribution is 2.12. The maximum Gasteiger partial charge on any atom is 0.0614 e. The van der Waals surface area contributed by atoms with Gasteiger partial charge in [0.2, 0.25) is 0 Å². The molecule has 0 bridgehead atoms. The summed E-state index contributed by atoms with van der Waals surface area (Å²) in [5.41, 5.74) is 2.42. The number of aromatic nitrogens is 2. The van der Waals surface area contributed by atoms with Gasteiger partial charge in [0.15, 0.2) is 0 Å². The van der Waals surface area contributed by atoms with E-state index in [1.54, 1.807) is 0 Å². The molecule has 0 unspecified atom stereocenters. The molecule has 1 heterocycles. The molecule has 66 valence electrons. The highest BCUT2D eigenvalue weighted by Gasteiger charge is 2.01. The lowest BCUT2D eigenvalue weighted by atomic mass is 10.1. The monoisotopic (exact) mass is 164 g/mol. The molecular formula is C10H16N2. The zero-order chi connectivity index (χ0) is 9.14. The molecule has 0 amide bonds. The van der Waals surface area contributed by atoms with Crippen LogP contribution in [0.1, 0.15) is 32.3 Å². The molecule has 1 aromatic heterocycles. The van der Waals surface area contributed by atoms with Crippen molar-refractivity contribution in [3.8, 4) is 0 Å². The summed E-state index contributed by atoms with van der Waals surface area (Å²) in [7, 11) is 0. The third kappa shape index (κ3) is 2.22. The molecule has 0 spiro atoms. The fraction of sp³-hybridized carbons (Fsp3) is 0.500. The van der Waals surface area contributed by atoms with Gasteiger partial charge in [-0.1, -0.05) is 26.0 Å². The van der Waals surface area contributed by atoms with Crippen LogP contribution in [0.5, 0.6) is 0 Å². The molecule has 0 radical (unpaired) electrons. The molecule has 0 aliphatic carbocycles. The van der Waals surface area contributed by atoms with E-state index in [1.165, 1.54) is 5.56 Å². The summed E-state index contributed by atoms with van der Waals surface area (Å²) < 4.78 is 1.93. The van der Waals surface area contributed by atoms with Gasteiger partial charge < -0.3 is 0 Å². The smallest absolute Gasteiger partial charge is 0.0614 e. The van der Waals surface area contributed by atoms with Crippen LogP contribution >= 0.6 is 0 Å². The van der Waals surface area contributed by atoms with Crippen LogP contribution in [0.25, 0.3) is 0 Å². The van der Waals surface area contributed by atoms with Crippen LogP contribution in [0, 0.1) is 0 Å². The second-order valence-electron chi connectivity index (χ2n) is 3.58. The second kappa shape index (κ2) is 3.57. The summed E-state index contributed by atoms with van der Waals surface area (Å²) in [5, 5.41) is 4.23. The van der Waals surface area contributed by atoms with Gasteiger partial charge >= 0.3 is 0 Å². The van der Waals surface area contributed by atoms with Crippen molar-refractivity contribution in [3.05, 3.63) is 30.1 Å². The first-order valence-electron chi connectivity index (χ1n) is 4.26. The van der Waals surface area contributed by atoms with Crippen molar-refractivity contribution in [3.63, 3.8) is 0 Å². The Morgan fingerprint density at radius 2 is 2.33 bits per heavy atom. The summed E-state index contributed by atoms with van der Waals surface area (Å²) >= 11 is 0. The Labute approximate surface area is 73.9 Å². The van der Waals surface area contributed by atoms with Crippen molar-refractivity contribution >= 4 is 0 Å². The third-order valence-electron chi connectivity index (χ3n) is 1.75. The first-order chi connectivity index (χ1) is 5.59. The van der Waals surface area contributed by atoms with Gasteiger partial charge in [-0.2, -0.15) is 5.10 Å². The molecule has 0 atom stereocenters. The lowest BCUT2D eigenvalue weighted by molar-refractivity contribution is 0.677.